The van der Waals surface area contributed by atoms with Crippen molar-refractivity contribution in [1.29, 1.82) is 0 Å². The van der Waals surface area contributed by atoms with Crippen LogP contribution in [0, 0.1) is 22.0 Å². The number of benzene rings is 1. The molecule has 1 fully saturated rings. The highest BCUT2D eigenvalue weighted by Crippen LogP contribution is 2.34. The molecule has 0 unspecified atom stereocenters. The van der Waals surface area contributed by atoms with E-state index in [1.54, 1.807) is 0 Å². The topological polar surface area (TPSA) is 92.6 Å². The third-order valence-corrected chi connectivity index (χ3v) is 5.34. The van der Waals surface area contributed by atoms with Crippen LogP contribution in [0.15, 0.2) is 23.1 Å². The lowest BCUT2D eigenvalue weighted by Crippen LogP contribution is -2.39. The fourth-order valence-corrected chi connectivity index (χ4v) is 3.81. The van der Waals surface area contributed by atoms with Gasteiger partial charge in [0.1, 0.15) is 5.69 Å². The molecule has 122 valence electrons. The highest BCUT2D eigenvalue weighted by molar-refractivity contribution is 7.89. The lowest BCUT2D eigenvalue weighted by atomic mass is 9.91. The average molecular weight is 327 g/mol. The van der Waals surface area contributed by atoms with E-state index in [0.29, 0.717) is 17.5 Å². The van der Waals surface area contributed by atoms with E-state index >= 15 is 0 Å². The Bertz CT molecular complexity index is 665. The second kappa shape index (κ2) is 6.21. The monoisotopic (exact) mass is 327 g/mol. The molecule has 0 amide bonds. The van der Waals surface area contributed by atoms with E-state index in [1.807, 2.05) is 4.90 Å². The van der Waals surface area contributed by atoms with Gasteiger partial charge in [0.25, 0.3) is 5.69 Å². The third-order valence-electron chi connectivity index (χ3n) is 3.93. The molecule has 22 heavy (non-hydrogen) atoms. The summed E-state index contributed by atoms with van der Waals surface area (Å²) in [5.74, 6) is 0.896. The molecule has 2 rings (SSSR count). The summed E-state index contributed by atoms with van der Waals surface area (Å²) in [6, 6.07) is 4.08. The molecule has 1 aromatic rings. The third kappa shape index (κ3) is 3.38. The van der Waals surface area contributed by atoms with Crippen molar-refractivity contribution < 1.29 is 13.3 Å². The first kappa shape index (κ1) is 16.7. The minimum absolute atomic E-state index is 0.0939. The number of sulfonamides is 1. The number of hydrogen-bond donors (Lipinski definition) is 1. The van der Waals surface area contributed by atoms with Gasteiger partial charge < -0.3 is 4.90 Å². The maximum atomic E-state index is 11.8. The minimum atomic E-state index is -3.70. The Balaban J connectivity index is 2.46. The van der Waals surface area contributed by atoms with Crippen molar-refractivity contribution in [3.8, 4) is 0 Å². The zero-order valence-electron chi connectivity index (χ0n) is 12.9. The van der Waals surface area contributed by atoms with E-state index in [9.17, 15) is 18.5 Å². The van der Waals surface area contributed by atoms with Crippen LogP contribution in [0.25, 0.3) is 0 Å². The molecule has 2 atom stereocenters. The van der Waals surface area contributed by atoms with E-state index in [2.05, 4.69) is 18.6 Å². The Hall–Kier alpha value is -1.67. The van der Waals surface area contributed by atoms with Crippen LogP contribution in [0.1, 0.15) is 20.3 Å². The number of hydrogen-bond acceptors (Lipinski definition) is 5. The second-order valence-corrected chi connectivity index (χ2v) is 7.85. The Kier molecular flexibility index (Phi) is 4.72. The Labute approximate surface area is 130 Å². The smallest absolute Gasteiger partial charge is 0.293 e. The number of nitro groups is 1. The quantitative estimate of drug-likeness (QED) is 0.674. The van der Waals surface area contributed by atoms with Gasteiger partial charge in [-0.2, -0.15) is 0 Å². The molecular formula is C14H21N3O4S. The normalized spacial score (nSPS) is 22.6. The zero-order chi connectivity index (χ0) is 16.5. The molecule has 1 aliphatic heterocycles. The van der Waals surface area contributed by atoms with Crippen LogP contribution in [0.2, 0.25) is 0 Å². The zero-order valence-corrected chi connectivity index (χ0v) is 13.8. The highest BCUT2D eigenvalue weighted by atomic mass is 32.2. The van der Waals surface area contributed by atoms with Crippen LogP contribution in [-0.4, -0.2) is 33.5 Å². The summed E-state index contributed by atoms with van der Waals surface area (Å²) in [7, 11) is -2.42. The molecule has 0 saturated carbocycles. The predicted molar refractivity (Wildman–Crippen MR) is 84.5 cm³/mol. The van der Waals surface area contributed by atoms with Crippen LogP contribution in [-0.2, 0) is 10.0 Å². The summed E-state index contributed by atoms with van der Waals surface area (Å²) in [5.41, 5.74) is 0.316. The molecule has 8 heteroatoms. The van der Waals surface area contributed by atoms with Crippen molar-refractivity contribution >= 4 is 21.4 Å². The Morgan fingerprint density at radius 3 is 2.36 bits per heavy atom. The summed E-state index contributed by atoms with van der Waals surface area (Å²) < 4.78 is 25.8. The van der Waals surface area contributed by atoms with E-state index in [4.69, 9.17) is 0 Å². The highest BCUT2D eigenvalue weighted by Gasteiger charge is 2.28. The Morgan fingerprint density at radius 2 is 1.86 bits per heavy atom. The van der Waals surface area contributed by atoms with Gasteiger partial charge in [-0.1, -0.05) is 13.8 Å². The van der Waals surface area contributed by atoms with Gasteiger partial charge in [-0.3, -0.25) is 10.1 Å². The molecule has 7 nitrogen and oxygen atoms in total. The maximum Gasteiger partial charge on any atom is 0.293 e. The van der Waals surface area contributed by atoms with Crippen molar-refractivity contribution in [2.75, 3.05) is 25.0 Å². The number of rotatable bonds is 4. The molecular weight excluding hydrogens is 306 g/mol. The fraction of sp³-hybridized carbons (Fsp3) is 0.571. The summed E-state index contributed by atoms with van der Waals surface area (Å²) >= 11 is 0. The summed E-state index contributed by atoms with van der Waals surface area (Å²) in [4.78, 5) is 12.7. The molecule has 1 aliphatic rings. The van der Waals surface area contributed by atoms with Gasteiger partial charge in [0, 0.05) is 19.2 Å². The van der Waals surface area contributed by atoms with Gasteiger partial charge in [0.2, 0.25) is 10.0 Å². The number of anilines is 1. The molecule has 0 radical (unpaired) electrons. The van der Waals surface area contributed by atoms with Crippen molar-refractivity contribution in [2.24, 2.45) is 11.8 Å². The molecule has 0 aliphatic carbocycles. The molecule has 1 aromatic carbocycles. The molecule has 1 N–H and O–H groups in total. The van der Waals surface area contributed by atoms with Gasteiger partial charge in [-0.15, -0.1) is 0 Å². The van der Waals surface area contributed by atoms with Crippen LogP contribution in [0.4, 0.5) is 11.4 Å². The van der Waals surface area contributed by atoms with Crippen molar-refractivity contribution in [1.82, 2.24) is 4.72 Å². The fourth-order valence-electron chi connectivity index (χ4n) is 3.06. The van der Waals surface area contributed by atoms with E-state index in [0.717, 1.165) is 25.6 Å². The lowest BCUT2D eigenvalue weighted by Gasteiger charge is -2.36. The molecule has 0 bridgehead atoms. The van der Waals surface area contributed by atoms with E-state index < -0.39 is 14.9 Å². The maximum absolute atomic E-state index is 11.8. The average Bonchev–Trinajstić information content (AvgIpc) is 2.45. The number of nitrogens with one attached hydrogen (secondary N) is 1. The number of piperidine rings is 1. The summed E-state index contributed by atoms with van der Waals surface area (Å²) in [6.07, 6.45) is 1.09. The first-order valence-corrected chi connectivity index (χ1v) is 8.70. The molecule has 0 spiro atoms. The second-order valence-electron chi connectivity index (χ2n) is 5.97. The van der Waals surface area contributed by atoms with Crippen molar-refractivity contribution in [2.45, 2.75) is 25.2 Å². The van der Waals surface area contributed by atoms with Crippen LogP contribution >= 0.6 is 0 Å². The van der Waals surface area contributed by atoms with Gasteiger partial charge in [-0.25, -0.2) is 13.1 Å². The van der Waals surface area contributed by atoms with Crippen LogP contribution in [0.3, 0.4) is 0 Å². The predicted octanol–water partition coefficient (Wildman–Crippen LogP) is 1.99. The van der Waals surface area contributed by atoms with Gasteiger partial charge in [0.15, 0.2) is 0 Å². The van der Waals surface area contributed by atoms with Gasteiger partial charge in [0.05, 0.1) is 9.82 Å². The lowest BCUT2D eigenvalue weighted by molar-refractivity contribution is -0.384. The van der Waals surface area contributed by atoms with E-state index in [-0.39, 0.29) is 10.6 Å². The number of nitrogens with zero attached hydrogens (tertiary/aromatic N) is 2. The largest absolute Gasteiger partial charge is 0.365 e. The minimum Gasteiger partial charge on any atom is -0.365 e. The summed E-state index contributed by atoms with van der Waals surface area (Å²) in [5, 5.41) is 11.4. The first-order chi connectivity index (χ1) is 10.2. The van der Waals surface area contributed by atoms with Gasteiger partial charge in [-0.05, 0) is 37.4 Å². The first-order valence-electron chi connectivity index (χ1n) is 7.21. The van der Waals surface area contributed by atoms with E-state index in [1.165, 1.54) is 19.2 Å². The standard InChI is InChI=1S/C14H21N3O4S/c1-10-6-11(2)9-16(8-10)13-5-4-12(22(20,21)15-3)7-14(13)17(18)19/h4-5,7,10-11,15H,6,8-9H2,1-3H3/t10-,11+. The SMILES string of the molecule is CNS(=O)(=O)c1ccc(N2C[C@H](C)C[C@H](C)C2)c([N+](=O)[O-])c1. The molecule has 0 aromatic heterocycles. The van der Waals surface area contributed by atoms with Crippen LogP contribution in [0.5, 0.6) is 0 Å². The molecule has 1 heterocycles. The van der Waals surface area contributed by atoms with Crippen molar-refractivity contribution in [3.05, 3.63) is 28.3 Å². The molecule has 1 saturated heterocycles. The van der Waals surface area contributed by atoms with Gasteiger partial charge >= 0.3 is 0 Å². The number of nitro benzene ring substituents is 1. The summed E-state index contributed by atoms with van der Waals surface area (Å²) in [6.45, 7) is 5.72. The Morgan fingerprint density at radius 1 is 1.27 bits per heavy atom. The van der Waals surface area contributed by atoms with Crippen molar-refractivity contribution in [3.63, 3.8) is 0 Å². The van der Waals surface area contributed by atoms with Crippen LogP contribution < -0.4 is 9.62 Å².